The minimum absolute atomic E-state index is 1.00. The lowest BCUT2D eigenvalue weighted by atomic mass is 9.98. The van der Waals surface area contributed by atoms with Crippen molar-refractivity contribution in [3.63, 3.8) is 0 Å². The summed E-state index contributed by atoms with van der Waals surface area (Å²) in [5, 5.41) is 6.16. The Labute approximate surface area is 230 Å². The quantitative estimate of drug-likeness (QED) is 0.213. The van der Waals surface area contributed by atoms with E-state index in [1.54, 1.807) is 0 Å². The molecule has 0 radical (unpaired) electrons. The van der Waals surface area contributed by atoms with E-state index in [-0.39, 0.29) is 0 Å². The largest absolute Gasteiger partial charge is 0.309 e. The molecule has 0 amide bonds. The first-order valence-electron chi connectivity index (χ1n) is 13.7. The molecule has 3 heteroatoms. The summed E-state index contributed by atoms with van der Waals surface area (Å²) in [4.78, 5) is 5.06. The van der Waals surface area contributed by atoms with Crippen LogP contribution in [0.4, 0.5) is 0 Å². The van der Waals surface area contributed by atoms with Crippen molar-refractivity contribution < 1.29 is 0 Å². The molecule has 0 saturated heterocycles. The molecule has 0 N–H and O–H groups in total. The standard InChI is InChI=1S/C37H23N3/c1-5-16-33-27(12-1)28-13-2-6-17-34(28)39(33)26-11-9-10-24(22-26)25-20-21-30-31(23-25)29-14-3-7-18-35(29)40-36-19-8-4-15-32(36)38-37(30)40/h1-23H. The zero-order valence-electron chi connectivity index (χ0n) is 21.6. The highest BCUT2D eigenvalue weighted by Crippen LogP contribution is 2.36. The van der Waals surface area contributed by atoms with Crippen LogP contribution in [0.15, 0.2) is 140 Å². The van der Waals surface area contributed by atoms with Crippen molar-refractivity contribution in [2.24, 2.45) is 0 Å². The average Bonchev–Trinajstić information content (AvgIpc) is 3.58. The minimum Gasteiger partial charge on any atom is -0.309 e. The highest BCUT2D eigenvalue weighted by atomic mass is 15.0. The second-order valence-corrected chi connectivity index (χ2v) is 10.5. The van der Waals surface area contributed by atoms with E-state index in [0.717, 1.165) is 27.8 Å². The normalized spacial score (nSPS) is 12.0. The van der Waals surface area contributed by atoms with E-state index in [2.05, 4.69) is 148 Å². The van der Waals surface area contributed by atoms with E-state index in [4.69, 9.17) is 4.98 Å². The van der Waals surface area contributed by atoms with Crippen molar-refractivity contribution >= 4 is 60.2 Å². The molecule has 0 bridgehead atoms. The third-order valence-electron chi connectivity index (χ3n) is 8.27. The van der Waals surface area contributed by atoms with E-state index < -0.39 is 0 Å². The second kappa shape index (κ2) is 8.05. The number of aromatic nitrogens is 3. The van der Waals surface area contributed by atoms with Crippen LogP contribution in [0, 0.1) is 0 Å². The average molecular weight is 510 g/mol. The van der Waals surface area contributed by atoms with Crippen LogP contribution in [0.25, 0.3) is 77.0 Å². The van der Waals surface area contributed by atoms with Crippen molar-refractivity contribution in [2.45, 2.75) is 0 Å². The summed E-state index contributed by atoms with van der Waals surface area (Å²) in [5.74, 6) is 0. The predicted molar refractivity (Wildman–Crippen MR) is 167 cm³/mol. The third-order valence-corrected chi connectivity index (χ3v) is 8.27. The number of hydrogen-bond acceptors (Lipinski definition) is 1. The van der Waals surface area contributed by atoms with Gasteiger partial charge in [-0.1, -0.05) is 84.9 Å². The van der Waals surface area contributed by atoms with Gasteiger partial charge in [-0.25, -0.2) is 4.98 Å². The first-order chi connectivity index (χ1) is 19.8. The van der Waals surface area contributed by atoms with Crippen molar-refractivity contribution in [3.05, 3.63) is 140 Å². The Bertz CT molecular complexity index is 2390. The molecule has 9 rings (SSSR count). The maximum absolute atomic E-state index is 5.06. The molecule has 0 spiro atoms. The molecule has 0 aliphatic carbocycles. The van der Waals surface area contributed by atoms with Gasteiger partial charge in [-0.05, 0) is 71.1 Å². The monoisotopic (exact) mass is 509 g/mol. The Balaban J connectivity index is 1.30. The number of imidazole rings is 1. The molecule has 0 saturated carbocycles. The van der Waals surface area contributed by atoms with Crippen LogP contribution in [0.5, 0.6) is 0 Å². The van der Waals surface area contributed by atoms with Crippen LogP contribution in [0.3, 0.4) is 0 Å². The Hall–Kier alpha value is -5.41. The van der Waals surface area contributed by atoms with Crippen LogP contribution in [-0.4, -0.2) is 14.0 Å². The van der Waals surface area contributed by atoms with Crippen LogP contribution < -0.4 is 0 Å². The number of pyridine rings is 1. The summed E-state index contributed by atoms with van der Waals surface area (Å²) >= 11 is 0. The molecule has 3 aromatic heterocycles. The summed E-state index contributed by atoms with van der Waals surface area (Å²) < 4.78 is 4.68. The summed E-state index contributed by atoms with van der Waals surface area (Å²) in [6.07, 6.45) is 0. The molecule has 0 aliphatic heterocycles. The first kappa shape index (κ1) is 21.5. The fraction of sp³-hybridized carbons (Fsp3) is 0. The van der Waals surface area contributed by atoms with Crippen molar-refractivity contribution in [3.8, 4) is 16.8 Å². The van der Waals surface area contributed by atoms with E-state index >= 15 is 0 Å². The molecular formula is C37H23N3. The van der Waals surface area contributed by atoms with Crippen LogP contribution in [0.1, 0.15) is 0 Å². The maximum Gasteiger partial charge on any atom is 0.146 e. The molecule has 186 valence electrons. The number of hydrogen-bond donors (Lipinski definition) is 0. The van der Waals surface area contributed by atoms with Gasteiger partial charge in [0.05, 0.1) is 27.6 Å². The third kappa shape index (κ3) is 2.92. The van der Waals surface area contributed by atoms with Gasteiger partial charge in [-0.2, -0.15) is 0 Å². The number of benzene rings is 6. The minimum atomic E-state index is 1.00. The van der Waals surface area contributed by atoms with Gasteiger partial charge < -0.3 is 4.57 Å². The number of fused-ring (bicyclic) bond motifs is 11. The van der Waals surface area contributed by atoms with E-state index in [1.807, 2.05) is 0 Å². The molecule has 0 fully saturated rings. The maximum atomic E-state index is 5.06. The number of para-hydroxylation sites is 5. The smallest absolute Gasteiger partial charge is 0.146 e. The van der Waals surface area contributed by atoms with E-state index in [1.165, 1.54) is 49.2 Å². The molecule has 3 nitrogen and oxygen atoms in total. The van der Waals surface area contributed by atoms with Gasteiger partial charge in [0.15, 0.2) is 0 Å². The molecule has 9 aromatic rings. The Morgan fingerprint density at radius 2 is 1.00 bits per heavy atom. The summed E-state index contributed by atoms with van der Waals surface area (Å²) in [5.41, 5.74) is 10.3. The molecule has 0 aliphatic rings. The number of nitrogens with zero attached hydrogens (tertiary/aromatic N) is 3. The Morgan fingerprint density at radius 3 is 1.75 bits per heavy atom. The molecule has 40 heavy (non-hydrogen) atoms. The van der Waals surface area contributed by atoms with Crippen LogP contribution in [-0.2, 0) is 0 Å². The van der Waals surface area contributed by atoms with Crippen LogP contribution in [0.2, 0.25) is 0 Å². The highest BCUT2D eigenvalue weighted by molar-refractivity contribution is 6.15. The van der Waals surface area contributed by atoms with Gasteiger partial charge >= 0.3 is 0 Å². The van der Waals surface area contributed by atoms with E-state index in [0.29, 0.717) is 0 Å². The SMILES string of the molecule is c1cc(-c2ccc3c(c2)c2ccccc2n2c4ccccc4nc32)cc(-n2c3ccccc3c3ccccc32)c1. The Kier molecular flexibility index (Phi) is 4.33. The molecular weight excluding hydrogens is 486 g/mol. The molecule has 0 atom stereocenters. The zero-order valence-corrected chi connectivity index (χ0v) is 21.6. The lowest BCUT2D eigenvalue weighted by Gasteiger charge is -2.12. The van der Waals surface area contributed by atoms with Crippen molar-refractivity contribution in [1.29, 1.82) is 0 Å². The zero-order chi connectivity index (χ0) is 26.2. The second-order valence-electron chi connectivity index (χ2n) is 10.5. The van der Waals surface area contributed by atoms with E-state index in [9.17, 15) is 0 Å². The fourth-order valence-corrected chi connectivity index (χ4v) is 6.51. The highest BCUT2D eigenvalue weighted by Gasteiger charge is 2.15. The van der Waals surface area contributed by atoms with Gasteiger partial charge in [0.1, 0.15) is 5.65 Å². The molecule has 0 unspecified atom stereocenters. The van der Waals surface area contributed by atoms with Crippen molar-refractivity contribution in [1.82, 2.24) is 14.0 Å². The molecule has 3 heterocycles. The van der Waals surface area contributed by atoms with Gasteiger partial charge in [0.25, 0.3) is 0 Å². The molecule has 6 aromatic carbocycles. The Morgan fingerprint density at radius 1 is 0.400 bits per heavy atom. The summed E-state index contributed by atoms with van der Waals surface area (Å²) in [6, 6.07) is 50.1. The fourth-order valence-electron chi connectivity index (χ4n) is 6.51. The van der Waals surface area contributed by atoms with Gasteiger partial charge in [0, 0.05) is 27.2 Å². The van der Waals surface area contributed by atoms with Gasteiger partial charge in [-0.15, -0.1) is 0 Å². The van der Waals surface area contributed by atoms with Gasteiger partial charge in [-0.3, -0.25) is 4.40 Å². The lowest BCUT2D eigenvalue weighted by Crippen LogP contribution is -1.94. The first-order valence-corrected chi connectivity index (χ1v) is 13.7. The van der Waals surface area contributed by atoms with Gasteiger partial charge in [0.2, 0.25) is 0 Å². The lowest BCUT2D eigenvalue weighted by molar-refractivity contribution is 1.18. The van der Waals surface area contributed by atoms with Crippen molar-refractivity contribution in [2.75, 3.05) is 0 Å². The summed E-state index contributed by atoms with van der Waals surface area (Å²) in [6.45, 7) is 0. The number of rotatable bonds is 2. The summed E-state index contributed by atoms with van der Waals surface area (Å²) in [7, 11) is 0. The topological polar surface area (TPSA) is 22.2 Å². The van der Waals surface area contributed by atoms with Crippen LogP contribution >= 0.6 is 0 Å². The predicted octanol–water partition coefficient (Wildman–Crippen LogP) is 9.56.